The van der Waals surface area contributed by atoms with Crippen LogP contribution in [0.1, 0.15) is 31.1 Å². The minimum atomic E-state index is -3.67. The van der Waals surface area contributed by atoms with E-state index in [1.165, 1.54) is 0 Å². The fraction of sp³-hybridized carbons (Fsp3) is 0.429. The normalized spacial score (nSPS) is 17.8. The molecular formula is C14H19N5O2S. The molecule has 1 aromatic heterocycles. The zero-order chi connectivity index (χ0) is 15.9. The van der Waals surface area contributed by atoms with Crippen LogP contribution in [0.5, 0.6) is 0 Å². The summed E-state index contributed by atoms with van der Waals surface area (Å²) in [5.74, 6) is 1.61. The summed E-state index contributed by atoms with van der Waals surface area (Å²) in [6, 6.07) is 5.30. The van der Waals surface area contributed by atoms with E-state index in [0.717, 1.165) is 35.7 Å². The highest BCUT2D eigenvalue weighted by atomic mass is 32.2. The van der Waals surface area contributed by atoms with Crippen molar-refractivity contribution in [2.75, 3.05) is 4.90 Å². The molecule has 2 aromatic rings. The molecule has 0 bridgehead atoms. The van der Waals surface area contributed by atoms with Crippen LogP contribution >= 0.6 is 0 Å². The number of aromatic amines is 1. The molecule has 0 radical (unpaired) electrons. The van der Waals surface area contributed by atoms with Gasteiger partial charge in [-0.3, -0.25) is 5.10 Å². The van der Waals surface area contributed by atoms with Crippen LogP contribution in [0.15, 0.2) is 23.1 Å². The molecule has 1 aliphatic rings. The SMILES string of the molecule is CCc1n[nH]c(CN2c3ccc(S(N)(=O)=O)cc3C[C@@H]2C)n1. The topological polar surface area (TPSA) is 105 Å². The lowest BCUT2D eigenvalue weighted by molar-refractivity contribution is 0.597. The first kappa shape index (κ1) is 15.0. The molecule has 7 nitrogen and oxygen atoms in total. The number of aromatic nitrogens is 3. The summed E-state index contributed by atoms with van der Waals surface area (Å²) in [7, 11) is -3.67. The largest absolute Gasteiger partial charge is 0.361 e. The molecule has 2 heterocycles. The Balaban J connectivity index is 1.89. The van der Waals surface area contributed by atoms with Crippen LogP contribution in [0.25, 0.3) is 0 Å². The molecule has 3 N–H and O–H groups in total. The average molecular weight is 321 g/mol. The van der Waals surface area contributed by atoms with Crippen molar-refractivity contribution in [3.8, 4) is 0 Å². The van der Waals surface area contributed by atoms with Crippen LogP contribution in [0.4, 0.5) is 5.69 Å². The third-order valence-electron chi connectivity index (χ3n) is 3.95. The van der Waals surface area contributed by atoms with E-state index >= 15 is 0 Å². The number of aryl methyl sites for hydroxylation is 1. The van der Waals surface area contributed by atoms with E-state index in [4.69, 9.17) is 5.14 Å². The van der Waals surface area contributed by atoms with Gasteiger partial charge in [0.25, 0.3) is 0 Å². The van der Waals surface area contributed by atoms with E-state index in [2.05, 4.69) is 27.0 Å². The van der Waals surface area contributed by atoms with Crippen molar-refractivity contribution < 1.29 is 8.42 Å². The molecule has 0 aliphatic carbocycles. The highest BCUT2D eigenvalue weighted by Gasteiger charge is 2.28. The maximum atomic E-state index is 11.5. The van der Waals surface area contributed by atoms with E-state index < -0.39 is 10.0 Å². The molecule has 1 atom stereocenters. The number of anilines is 1. The number of hydrogen-bond donors (Lipinski definition) is 2. The van der Waals surface area contributed by atoms with Crippen LogP contribution in [0.2, 0.25) is 0 Å². The Morgan fingerprint density at radius 3 is 2.86 bits per heavy atom. The van der Waals surface area contributed by atoms with Crippen molar-refractivity contribution in [2.45, 2.75) is 44.2 Å². The van der Waals surface area contributed by atoms with E-state index in [9.17, 15) is 8.42 Å². The molecule has 0 unspecified atom stereocenters. The number of primary sulfonamides is 1. The summed E-state index contributed by atoms with van der Waals surface area (Å²) in [5.41, 5.74) is 2.02. The van der Waals surface area contributed by atoms with Gasteiger partial charge in [-0.05, 0) is 37.1 Å². The summed E-state index contributed by atoms with van der Waals surface area (Å²) in [4.78, 5) is 6.79. The van der Waals surface area contributed by atoms with Gasteiger partial charge < -0.3 is 4.90 Å². The van der Waals surface area contributed by atoms with Gasteiger partial charge in [0.05, 0.1) is 11.4 Å². The monoisotopic (exact) mass is 321 g/mol. The molecule has 1 aromatic carbocycles. The number of nitrogens with one attached hydrogen (secondary N) is 1. The van der Waals surface area contributed by atoms with Gasteiger partial charge in [-0.15, -0.1) is 0 Å². The van der Waals surface area contributed by atoms with E-state index in [1.807, 2.05) is 13.0 Å². The van der Waals surface area contributed by atoms with Gasteiger partial charge in [0.15, 0.2) is 5.82 Å². The fourth-order valence-corrected chi connectivity index (χ4v) is 3.38. The maximum absolute atomic E-state index is 11.5. The Kier molecular flexibility index (Phi) is 3.65. The summed E-state index contributed by atoms with van der Waals surface area (Å²) in [6.45, 7) is 4.74. The Labute approximate surface area is 129 Å². The van der Waals surface area contributed by atoms with E-state index in [-0.39, 0.29) is 10.9 Å². The number of rotatable bonds is 4. The van der Waals surface area contributed by atoms with Gasteiger partial charge in [0.1, 0.15) is 5.82 Å². The molecule has 0 fully saturated rings. The first-order chi connectivity index (χ1) is 10.4. The van der Waals surface area contributed by atoms with Crippen molar-refractivity contribution in [1.82, 2.24) is 15.2 Å². The van der Waals surface area contributed by atoms with E-state index in [1.54, 1.807) is 12.1 Å². The van der Waals surface area contributed by atoms with Crippen molar-refractivity contribution >= 4 is 15.7 Å². The smallest absolute Gasteiger partial charge is 0.238 e. The summed E-state index contributed by atoms with van der Waals surface area (Å²) < 4.78 is 22.9. The summed E-state index contributed by atoms with van der Waals surface area (Å²) >= 11 is 0. The van der Waals surface area contributed by atoms with Gasteiger partial charge in [-0.1, -0.05) is 6.92 Å². The van der Waals surface area contributed by atoms with Gasteiger partial charge >= 0.3 is 0 Å². The average Bonchev–Trinajstić information content (AvgIpc) is 3.03. The quantitative estimate of drug-likeness (QED) is 0.873. The summed E-state index contributed by atoms with van der Waals surface area (Å²) in [6.07, 6.45) is 1.58. The number of fused-ring (bicyclic) bond motifs is 1. The number of hydrogen-bond acceptors (Lipinski definition) is 5. The first-order valence-electron chi connectivity index (χ1n) is 7.21. The first-order valence-corrected chi connectivity index (χ1v) is 8.75. The van der Waals surface area contributed by atoms with Crippen molar-refractivity contribution in [3.05, 3.63) is 35.4 Å². The lowest BCUT2D eigenvalue weighted by Gasteiger charge is -2.23. The highest BCUT2D eigenvalue weighted by molar-refractivity contribution is 7.89. The zero-order valence-electron chi connectivity index (χ0n) is 12.6. The fourth-order valence-electron chi connectivity index (χ4n) is 2.81. The lowest BCUT2D eigenvalue weighted by atomic mass is 10.1. The molecule has 0 saturated carbocycles. The Morgan fingerprint density at radius 2 is 2.23 bits per heavy atom. The third-order valence-corrected chi connectivity index (χ3v) is 4.86. The van der Waals surface area contributed by atoms with Gasteiger partial charge in [0, 0.05) is 18.2 Å². The molecule has 0 amide bonds. The number of benzene rings is 1. The number of sulfonamides is 1. The van der Waals surface area contributed by atoms with Crippen molar-refractivity contribution in [1.29, 1.82) is 0 Å². The van der Waals surface area contributed by atoms with Crippen molar-refractivity contribution in [2.24, 2.45) is 5.14 Å². The Morgan fingerprint density at radius 1 is 1.45 bits per heavy atom. The second kappa shape index (κ2) is 5.36. The molecule has 8 heteroatoms. The van der Waals surface area contributed by atoms with E-state index in [0.29, 0.717) is 6.54 Å². The third kappa shape index (κ3) is 2.71. The molecule has 22 heavy (non-hydrogen) atoms. The van der Waals surface area contributed by atoms with Crippen LogP contribution in [-0.2, 0) is 29.4 Å². The standard InChI is InChI=1S/C14H19N5O2S/c1-3-13-16-14(18-17-13)8-19-9(2)6-10-7-11(22(15,20)21)4-5-12(10)19/h4-5,7,9H,3,6,8H2,1-2H3,(H2,15,20,21)(H,16,17,18)/t9-/m0/s1. The molecule has 0 spiro atoms. The highest BCUT2D eigenvalue weighted by Crippen LogP contribution is 2.34. The molecule has 3 rings (SSSR count). The Bertz CT molecular complexity index is 799. The lowest BCUT2D eigenvalue weighted by Crippen LogP contribution is -2.29. The minimum Gasteiger partial charge on any atom is -0.361 e. The van der Waals surface area contributed by atoms with Crippen LogP contribution in [0, 0.1) is 0 Å². The molecular weight excluding hydrogens is 302 g/mol. The van der Waals surface area contributed by atoms with Gasteiger partial charge in [0.2, 0.25) is 10.0 Å². The number of H-pyrrole nitrogens is 1. The minimum absolute atomic E-state index is 0.160. The maximum Gasteiger partial charge on any atom is 0.238 e. The molecule has 118 valence electrons. The van der Waals surface area contributed by atoms with Gasteiger partial charge in [-0.25, -0.2) is 18.5 Å². The predicted octanol–water partition coefficient (Wildman–Crippen LogP) is 0.966. The summed E-state index contributed by atoms with van der Waals surface area (Å²) in [5, 5.41) is 12.3. The number of nitrogens with zero attached hydrogens (tertiary/aromatic N) is 3. The molecule has 0 saturated heterocycles. The number of nitrogens with two attached hydrogens (primary N) is 1. The van der Waals surface area contributed by atoms with Crippen LogP contribution in [-0.4, -0.2) is 29.6 Å². The zero-order valence-corrected chi connectivity index (χ0v) is 13.4. The predicted molar refractivity (Wildman–Crippen MR) is 82.9 cm³/mol. The van der Waals surface area contributed by atoms with Crippen molar-refractivity contribution in [3.63, 3.8) is 0 Å². The van der Waals surface area contributed by atoms with Crippen LogP contribution < -0.4 is 10.0 Å². The Hall–Kier alpha value is -1.93. The second-order valence-corrected chi connectivity index (χ2v) is 7.13. The van der Waals surface area contributed by atoms with Crippen LogP contribution in [0.3, 0.4) is 0 Å². The molecule has 1 aliphatic heterocycles. The van der Waals surface area contributed by atoms with Gasteiger partial charge in [-0.2, -0.15) is 5.10 Å². The second-order valence-electron chi connectivity index (χ2n) is 5.57.